The molecule has 0 aliphatic heterocycles. The van der Waals surface area contributed by atoms with Crippen LogP contribution in [0.3, 0.4) is 0 Å². The summed E-state index contributed by atoms with van der Waals surface area (Å²) < 4.78 is 8.70. The van der Waals surface area contributed by atoms with Crippen molar-refractivity contribution in [3.63, 3.8) is 0 Å². The topological polar surface area (TPSA) is 0 Å². The van der Waals surface area contributed by atoms with Gasteiger partial charge in [0.15, 0.2) is 0 Å². The summed E-state index contributed by atoms with van der Waals surface area (Å²) in [5, 5.41) is 0. The number of hydrogen-bond acceptors (Lipinski definition) is 0. The zero-order chi connectivity index (χ0) is 18.7. The van der Waals surface area contributed by atoms with Crippen LogP contribution in [0.4, 0.5) is 0 Å². The van der Waals surface area contributed by atoms with Gasteiger partial charge in [0.05, 0.1) is 0 Å². The largest absolute Gasteiger partial charge is 0.147 e. The van der Waals surface area contributed by atoms with Gasteiger partial charge in [0.1, 0.15) is 0 Å². The molecule has 0 N–H and O–H groups in total. The van der Waals surface area contributed by atoms with E-state index in [-0.39, 0.29) is 30.2 Å². The molecule has 0 heterocycles. The molecule has 0 fully saturated rings. The summed E-state index contributed by atoms with van der Waals surface area (Å²) >= 11 is -2.62. The molecule has 2 aliphatic rings. The van der Waals surface area contributed by atoms with Gasteiger partial charge < -0.3 is 0 Å². The summed E-state index contributed by atoms with van der Waals surface area (Å²) in [5.41, 5.74) is 7.82. The number of hydrogen-bond donors (Lipinski definition) is 0. The van der Waals surface area contributed by atoms with Crippen LogP contribution in [0.2, 0.25) is 9.26 Å². The zero-order valence-electron chi connectivity index (χ0n) is 17.8. The van der Waals surface area contributed by atoms with Gasteiger partial charge in [0, 0.05) is 0 Å². The molecule has 0 radical (unpaired) electrons. The second kappa shape index (κ2) is 8.25. The Morgan fingerprint density at radius 3 is 2.18 bits per heavy atom. The van der Waals surface area contributed by atoms with Gasteiger partial charge in [-0.25, -0.2) is 0 Å². The molecular formula is C25H32Cl2Zr. The standard InChI is InChI=1S/C13H9.C10H15.2CH3.2ClH.Zr/c1-3-7-12-10(5-1)9-11-6-2-4-8-13(11)12;1-8-5-6-9(7-8)10(2,3)4;;;;;/h1-5,7-8H,9H2;6-8H,1-4H3;2*1H3;2*1H;. The molecule has 0 amide bonds. The van der Waals surface area contributed by atoms with E-state index in [4.69, 9.17) is 0 Å². The number of halogens is 2. The molecule has 3 heteroatoms. The van der Waals surface area contributed by atoms with E-state index in [1.807, 2.05) is 0 Å². The number of allylic oxidation sites excluding steroid dienone is 4. The van der Waals surface area contributed by atoms with Crippen LogP contribution in [0, 0.1) is 11.3 Å². The molecule has 2 aromatic carbocycles. The molecule has 1 unspecified atom stereocenters. The fourth-order valence-electron chi connectivity index (χ4n) is 4.82. The Morgan fingerprint density at radius 2 is 1.54 bits per heavy atom. The first kappa shape index (κ1) is 23.7. The van der Waals surface area contributed by atoms with Crippen molar-refractivity contribution in [2.45, 2.75) is 43.4 Å². The summed E-state index contributed by atoms with van der Waals surface area (Å²) in [6.07, 6.45) is 6.21. The Balaban J connectivity index is 0.00000140. The molecule has 0 bridgehead atoms. The van der Waals surface area contributed by atoms with Crippen LogP contribution in [-0.2, 0) is 26.7 Å². The normalized spacial score (nSPS) is 17.7. The van der Waals surface area contributed by atoms with Crippen LogP contribution in [0.15, 0.2) is 63.5 Å². The van der Waals surface area contributed by atoms with Crippen LogP contribution in [0.5, 0.6) is 0 Å². The SMILES string of the molecule is CC1C=C(C(C)(C)C)C=[C]1[Zr]([CH3])([CH3])[c]1cccc2c1Cc1ccccc1-2.Cl.Cl. The van der Waals surface area contributed by atoms with E-state index in [1.54, 1.807) is 12.1 Å². The molecule has 0 nitrogen and oxygen atoms in total. The second-order valence-corrected chi connectivity index (χ2v) is 20.3. The van der Waals surface area contributed by atoms with Crippen LogP contribution in [0.25, 0.3) is 11.1 Å². The molecule has 0 spiro atoms. The first-order valence-electron chi connectivity index (χ1n) is 9.84. The number of rotatable bonds is 2. The summed E-state index contributed by atoms with van der Waals surface area (Å²) in [7, 11) is 0. The third-order valence-electron chi connectivity index (χ3n) is 6.34. The summed E-state index contributed by atoms with van der Waals surface area (Å²) in [6.45, 7) is 9.42. The van der Waals surface area contributed by atoms with Crippen LogP contribution < -0.4 is 3.27 Å². The summed E-state index contributed by atoms with van der Waals surface area (Å²) in [6, 6.07) is 16.0. The Hall–Kier alpha value is -0.617. The second-order valence-electron chi connectivity index (χ2n) is 9.55. The monoisotopic (exact) mass is 492 g/mol. The smallest absolute Gasteiger partial charge is 0.147 e. The predicted octanol–water partition coefficient (Wildman–Crippen LogP) is 7.48. The maximum absolute atomic E-state index is 2.62. The Morgan fingerprint density at radius 1 is 0.893 bits per heavy atom. The maximum atomic E-state index is 2.62. The van der Waals surface area contributed by atoms with E-state index in [9.17, 15) is 0 Å². The van der Waals surface area contributed by atoms with Crippen molar-refractivity contribution >= 4 is 28.1 Å². The van der Waals surface area contributed by atoms with Gasteiger partial charge in [0.25, 0.3) is 0 Å². The summed E-state index contributed by atoms with van der Waals surface area (Å²) in [4.78, 5) is 0. The zero-order valence-corrected chi connectivity index (χ0v) is 21.9. The van der Waals surface area contributed by atoms with Crippen molar-refractivity contribution in [3.05, 3.63) is 74.6 Å². The van der Waals surface area contributed by atoms with E-state index < -0.39 is 20.3 Å². The molecule has 1 atom stereocenters. The minimum Gasteiger partial charge on any atom is -0.147 e. The van der Waals surface area contributed by atoms with E-state index in [1.165, 1.54) is 22.3 Å². The molecule has 0 saturated carbocycles. The summed E-state index contributed by atoms with van der Waals surface area (Å²) in [5.74, 6) is 0.592. The van der Waals surface area contributed by atoms with E-state index in [0.717, 1.165) is 6.42 Å². The van der Waals surface area contributed by atoms with Crippen molar-refractivity contribution in [3.8, 4) is 11.1 Å². The quantitative estimate of drug-likeness (QED) is 0.346. The van der Waals surface area contributed by atoms with Crippen LogP contribution in [-0.4, -0.2) is 0 Å². The van der Waals surface area contributed by atoms with Gasteiger partial charge in [-0.15, -0.1) is 24.8 Å². The third-order valence-corrected chi connectivity index (χ3v) is 15.8. The first-order valence-corrected chi connectivity index (χ1v) is 17.2. The van der Waals surface area contributed by atoms with E-state index in [0.29, 0.717) is 5.92 Å². The van der Waals surface area contributed by atoms with Gasteiger partial charge in [-0.05, 0) is 0 Å². The average molecular weight is 495 g/mol. The molecule has 4 rings (SSSR count). The molecule has 150 valence electrons. The Labute approximate surface area is 187 Å². The molecule has 2 aromatic rings. The third kappa shape index (κ3) is 3.88. The van der Waals surface area contributed by atoms with Gasteiger partial charge in [-0.3, -0.25) is 0 Å². The average Bonchev–Trinajstić information content (AvgIpc) is 3.15. The Kier molecular flexibility index (Phi) is 6.97. The minimum absolute atomic E-state index is 0. The maximum Gasteiger partial charge on any atom is -0.147 e. The van der Waals surface area contributed by atoms with Gasteiger partial charge >= 0.3 is 164 Å². The van der Waals surface area contributed by atoms with Crippen molar-refractivity contribution in [1.82, 2.24) is 0 Å². The van der Waals surface area contributed by atoms with E-state index >= 15 is 0 Å². The Bertz CT molecular complexity index is 945. The number of benzene rings is 2. The van der Waals surface area contributed by atoms with E-state index in [2.05, 4.69) is 91.6 Å². The minimum atomic E-state index is -2.62. The van der Waals surface area contributed by atoms with Crippen molar-refractivity contribution in [1.29, 1.82) is 0 Å². The van der Waals surface area contributed by atoms with Gasteiger partial charge in [-0.2, -0.15) is 0 Å². The van der Waals surface area contributed by atoms with Crippen LogP contribution >= 0.6 is 24.8 Å². The first-order chi connectivity index (χ1) is 12.2. The fraction of sp³-hybridized carbons (Fsp3) is 0.360. The van der Waals surface area contributed by atoms with Crippen molar-refractivity contribution in [2.24, 2.45) is 11.3 Å². The molecule has 0 aromatic heterocycles. The van der Waals surface area contributed by atoms with Crippen molar-refractivity contribution < 1.29 is 20.3 Å². The molecule has 0 saturated heterocycles. The molecule has 28 heavy (non-hydrogen) atoms. The van der Waals surface area contributed by atoms with Crippen LogP contribution in [0.1, 0.15) is 38.8 Å². The molecular weight excluding hydrogens is 462 g/mol. The van der Waals surface area contributed by atoms with Gasteiger partial charge in [-0.1, -0.05) is 0 Å². The number of fused-ring (bicyclic) bond motifs is 3. The predicted molar refractivity (Wildman–Crippen MR) is 125 cm³/mol. The fourth-order valence-corrected chi connectivity index (χ4v) is 13.5. The molecule has 2 aliphatic carbocycles. The van der Waals surface area contributed by atoms with Gasteiger partial charge in [0.2, 0.25) is 0 Å². The van der Waals surface area contributed by atoms with Crippen molar-refractivity contribution in [2.75, 3.05) is 0 Å².